The minimum absolute atomic E-state index is 0.710. The van der Waals surface area contributed by atoms with Gasteiger partial charge in [0.05, 0.1) is 0 Å². The number of hydrogen-bond acceptors (Lipinski definition) is 1. The van der Waals surface area contributed by atoms with Crippen LogP contribution in [0, 0.1) is 5.92 Å². The number of rotatable bonds is 7. The van der Waals surface area contributed by atoms with E-state index in [2.05, 4.69) is 25.9 Å². The minimum Gasteiger partial charge on any atom is -0.317 e. The molecule has 0 aliphatic heterocycles. The predicted molar refractivity (Wildman–Crippen MR) is 68.1 cm³/mol. The Morgan fingerprint density at radius 3 is 2.53 bits per heavy atom. The molecule has 88 valence electrons. The molecule has 1 unspecified atom stereocenters. The van der Waals surface area contributed by atoms with Gasteiger partial charge in [-0.1, -0.05) is 31.3 Å². The zero-order chi connectivity index (χ0) is 11.1. The maximum Gasteiger partial charge on any atom is 0.00672 e. The van der Waals surface area contributed by atoms with Gasteiger partial charge < -0.3 is 5.32 Å². The van der Waals surface area contributed by atoms with E-state index < -0.39 is 0 Å². The molecule has 1 aliphatic carbocycles. The lowest BCUT2D eigenvalue weighted by Gasteiger charge is -2.18. The molecule has 0 spiro atoms. The van der Waals surface area contributed by atoms with Crippen molar-refractivity contribution >= 4 is 0 Å². The molecule has 0 bridgehead atoms. The first-order valence-corrected chi connectivity index (χ1v) is 6.54. The van der Waals surface area contributed by atoms with Crippen LogP contribution in [0.15, 0.2) is 12.2 Å². The van der Waals surface area contributed by atoms with Gasteiger partial charge in [0.2, 0.25) is 0 Å². The number of nitrogens with one attached hydrogen (secondary N) is 1. The van der Waals surface area contributed by atoms with Crippen LogP contribution in [0.1, 0.15) is 58.3 Å². The third kappa shape index (κ3) is 5.36. The van der Waals surface area contributed by atoms with Gasteiger partial charge in [0.15, 0.2) is 0 Å². The lowest BCUT2D eigenvalue weighted by atomic mass is 9.96. The van der Waals surface area contributed by atoms with E-state index in [4.69, 9.17) is 0 Å². The van der Waals surface area contributed by atoms with E-state index >= 15 is 0 Å². The van der Waals surface area contributed by atoms with Crippen molar-refractivity contribution in [2.24, 2.45) is 5.92 Å². The summed E-state index contributed by atoms with van der Waals surface area (Å²) in [6.45, 7) is 6.10. The standard InChI is InChI=1S/C14H27N/c1-12(2)8-10-14(15-3)11-9-13-6-4-5-7-13/h13-15H,1,4-11H2,2-3H3. The van der Waals surface area contributed by atoms with Gasteiger partial charge in [0, 0.05) is 6.04 Å². The summed E-state index contributed by atoms with van der Waals surface area (Å²) in [6, 6.07) is 0.710. The predicted octanol–water partition coefficient (Wildman–Crippen LogP) is 3.90. The van der Waals surface area contributed by atoms with Crippen LogP contribution < -0.4 is 5.32 Å². The van der Waals surface area contributed by atoms with Gasteiger partial charge in [-0.3, -0.25) is 0 Å². The largest absolute Gasteiger partial charge is 0.317 e. The summed E-state index contributed by atoms with van der Waals surface area (Å²) in [7, 11) is 2.09. The molecule has 1 aliphatic rings. The van der Waals surface area contributed by atoms with Crippen LogP contribution >= 0.6 is 0 Å². The molecule has 1 atom stereocenters. The molecule has 0 amide bonds. The van der Waals surface area contributed by atoms with Gasteiger partial charge in [-0.2, -0.15) is 0 Å². The second kappa shape index (κ2) is 7.05. The quantitative estimate of drug-likeness (QED) is 0.627. The zero-order valence-corrected chi connectivity index (χ0v) is 10.5. The zero-order valence-electron chi connectivity index (χ0n) is 10.5. The third-order valence-corrected chi connectivity index (χ3v) is 3.73. The van der Waals surface area contributed by atoms with Crippen LogP contribution in [0.3, 0.4) is 0 Å². The highest BCUT2D eigenvalue weighted by molar-refractivity contribution is 4.89. The Morgan fingerprint density at radius 2 is 2.00 bits per heavy atom. The highest BCUT2D eigenvalue weighted by Gasteiger charge is 2.16. The van der Waals surface area contributed by atoms with Crippen molar-refractivity contribution in [2.45, 2.75) is 64.3 Å². The first-order valence-electron chi connectivity index (χ1n) is 6.54. The Kier molecular flexibility index (Phi) is 6.00. The second-order valence-electron chi connectivity index (χ2n) is 5.21. The smallest absolute Gasteiger partial charge is 0.00672 e. The summed E-state index contributed by atoms with van der Waals surface area (Å²) in [5.74, 6) is 1.03. The van der Waals surface area contributed by atoms with E-state index in [0.717, 1.165) is 5.92 Å². The molecule has 1 saturated carbocycles. The fourth-order valence-corrected chi connectivity index (χ4v) is 2.59. The Bertz CT molecular complexity index is 180. The van der Waals surface area contributed by atoms with E-state index in [1.54, 1.807) is 0 Å². The lowest BCUT2D eigenvalue weighted by molar-refractivity contribution is 0.406. The van der Waals surface area contributed by atoms with Crippen molar-refractivity contribution in [3.8, 4) is 0 Å². The molecule has 0 heterocycles. The summed E-state index contributed by atoms with van der Waals surface area (Å²) >= 11 is 0. The molecule has 0 radical (unpaired) electrons. The number of allylic oxidation sites excluding steroid dienone is 1. The SMILES string of the molecule is C=C(C)CCC(CCC1CCCC1)NC. The van der Waals surface area contributed by atoms with Crippen LogP contribution in [-0.2, 0) is 0 Å². The summed E-state index contributed by atoms with van der Waals surface area (Å²) in [4.78, 5) is 0. The van der Waals surface area contributed by atoms with Crippen LogP contribution in [0.2, 0.25) is 0 Å². The third-order valence-electron chi connectivity index (χ3n) is 3.73. The fourth-order valence-electron chi connectivity index (χ4n) is 2.59. The van der Waals surface area contributed by atoms with Crippen molar-refractivity contribution in [2.75, 3.05) is 7.05 Å². The topological polar surface area (TPSA) is 12.0 Å². The van der Waals surface area contributed by atoms with Gasteiger partial charge >= 0.3 is 0 Å². The molecule has 0 aromatic heterocycles. The summed E-state index contributed by atoms with van der Waals surface area (Å²) in [5, 5.41) is 3.44. The van der Waals surface area contributed by atoms with Crippen LogP contribution in [0.4, 0.5) is 0 Å². The summed E-state index contributed by atoms with van der Waals surface area (Å²) in [5.41, 5.74) is 1.32. The lowest BCUT2D eigenvalue weighted by Crippen LogP contribution is -2.25. The molecule has 1 nitrogen and oxygen atoms in total. The molecule has 0 saturated heterocycles. The van der Waals surface area contributed by atoms with Gasteiger partial charge in [0.1, 0.15) is 0 Å². The summed E-state index contributed by atoms with van der Waals surface area (Å²) < 4.78 is 0. The monoisotopic (exact) mass is 209 g/mol. The molecule has 15 heavy (non-hydrogen) atoms. The molecule has 1 heteroatoms. The average Bonchev–Trinajstić information content (AvgIpc) is 2.70. The molecule has 1 N–H and O–H groups in total. The minimum atomic E-state index is 0.710. The van der Waals surface area contributed by atoms with Crippen molar-refractivity contribution in [3.05, 3.63) is 12.2 Å². The first-order chi connectivity index (χ1) is 7.22. The molecule has 1 fully saturated rings. The van der Waals surface area contributed by atoms with Crippen LogP contribution in [0.5, 0.6) is 0 Å². The van der Waals surface area contributed by atoms with Crippen molar-refractivity contribution in [3.63, 3.8) is 0 Å². The van der Waals surface area contributed by atoms with E-state index in [1.165, 1.54) is 56.9 Å². The Labute approximate surface area is 95.3 Å². The van der Waals surface area contributed by atoms with E-state index in [9.17, 15) is 0 Å². The van der Waals surface area contributed by atoms with Gasteiger partial charge in [0.25, 0.3) is 0 Å². The normalized spacial score (nSPS) is 19.3. The molecular formula is C14H27N. The van der Waals surface area contributed by atoms with E-state index in [-0.39, 0.29) is 0 Å². The first kappa shape index (κ1) is 12.8. The van der Waals surface area contributed by atoms with Gasteiger partial charge in [-0.25, -0.2) is 0 Å². The molecule has 1 rings (SSSR count). The van der Waals surface area contributed by atoms with E-state index in [1.807, 2.05) is 0 Å². The van der Waals surface area contributed by atoms with E-state index in [0.29, 0.717) is 6.04 Å². The molecule has 0 aromatic rings. The highest BCUT2D eigenvalue weighted by atomic mass is 14.9. The summed E-state index contributed by atoms with van der Waals surface area (Å²) in [6.07, 6.45) is 11.1. The Balaban J connectivity index is 2.12. The molecular weight excluding hydrogens is 182 g/mol. The Morgan fingerprint density at radius 1 is 1.33 bits per heavy atom. The maximum absolute atomic E-state index is 3.97. The van der Waals surface area contributed by atoms with Gasteiger partial charge in [-0.05, 0) is 45.6 Å². The van der Waals surface area contributed by atoms with Crippen molar-refractivity contribution < 1.29 is 0 Å². The fraction of sp³-hybridized carbons (Fsp3) is 0.857. The number of hydrogen-bond donors (Lipinski definition) is 1. The van der Waals surface area contributed by atoms with Crippen molar-refractivity contribution in [1.82, 2.24) is 5.32 Å². The van der Waals surface area contributed by atoms with Crippen LogP contribution in [0.25, 0.3) is 0 Å². The maximum atomic E-state index is 3.97. The Hall–Kier alpha value is -0.300. The molecule has 0 aromatic carbocycles. The van der Waals surface area contributed by atoms with Crippen LogP contribution in [-0.4, -0.2) is 13.1 Å². The van der Waals surface area contributed by atoms with Gasteiger partial charge in [-0.15, -0.1) is 6.58 Å². The second-order valence-corrected chi connectivity index (χ2v) is 5.21. The average molecular weight is 209 g/mol. The van der Waals surface area contributed by atoms with Crippen molar-refractivity contribution in [1.29, 1.82) is 0 Å². The highest BCUT2D eigenvalue weighted by Crippen LogP contribution is 2.29.